The van der Waals surface area contributed by atoms with Crippen LogP contribution in [0, 0.1) is 17.2 Å². The third-order valence-electron chi connectivity index (χ3n) is 6.54. The van der Waals surface area contributed by atoms with E-state index in [9.17, 15) is 9.59 Å². The topological polar surface area (TPSA) is 161 Å². The molecule has 3 heterocycles. The van der Waals surface area contributed by atoms with Gasteiger partial charge in [0, 0.05) is 39.4 Å². The number of fused-ring (bicyclic) bond motifs is 1. The average molecular weight is 567 g/mol. The molecule has 0 saturated carbocycles. The number of hydrogen-bond donors (Lipinski definition) is 2. The lowest BCUT2D eigenvalue weighted by molar-refractivity contribution is -0.131. The summed E-state index contributed by atoms with van der Waals surface area (Å²) in [5, 5.41) is 12.5. The number of ether oxygens (including phenoxy) is 3. The van der Waals surface area contributed by atoms with Crippen molar-refractivity contribution in [2.24, 2.45) is 11.7 Å². The number of nitrogens with two attached hydrogens (primary N) is 1. The van der Waals surface area contributed by atoms with E-state index in [0.29, 0.717) is 83.2 Å². The first-order valence-electron chi connectivity index (χ1n) is 12.9. The predicted octanol–water partition coefficient (Wildman–Crippen LogP) is 1.01. The number of hydrogen-bond acceptors (Lipinski definition) is 10. The molecule has 1 aliphatic rings. The Morgan fingerprint density at radius 3 is 2.56 bits per heavy atom. The zero-order valence-electron chi connectivity index (χ0n) is 22.6. The van der Waals surface area contributed by atoms with E-state index < -0.39 is 0 Å². The molecule has 1 fully saturated rings. The Kier molecular flexibility index (Phi) is 13.9. The first kappa shape index (κ1) is 32.2. The lowest BCUT2D eigenvalue weighted by Gasteiger charge is -2.42. The molecule has 0 aromatic carbocycles. The quantitative estimate of drug-likeness (QED) is 0.316. The summed E-state index contributed by atoms with van der Waals surface area (Å²) in [6, 6.07) is 3.46. The van der Waals surface area contributed by atoms with Crippen molar-refractivity contribution in [2.75, 3.05) is 77.8 Å². The van der Waals surface area contributed by atoms with Crippen LogP contribution in [0.2, 0.25) is 0 Å². The van der Waals surface area contributed by atoms with E-state index in [2.05, 4.69) is 22.2 Å². The SMILES string of the molecule is C[C@@H]1CCN(C(=O)CC#N)C[C@@H]1N(C)c1ncnc2c1ccn2C(=O)NCCOCCOCCOCCN.Cl. The lowest BCUT2D eigenvalue weighted by Crippen LogP contribution is -2.52. The Hall–Kier alpha value is -3.02. The number of halogens is 1. The maximum atomic E-state index is 12.8. The van der Waals surface area contributed by atoms with Gasteiger partial charge in [-0.2, -0.15) is 5.26 Å². The number of likely N-dealkylation sites (N-methyl/N-ethyl adjacent to an activating group) is 1. The molecule has 216 valence electrons. The van der Waals surface area contributed by atoms with Gasteiger partial charge in [-0.25, -0.2) is 14.8 Å². The molecule has 39 heavy (non-hydrogen) atoms. The largest absolute Gasteiger partial charge is 0.378 e. The van der Waals surface area contributed by atoms with Crippen molar-refractivity contribution in [3.8, 4) is 6.07 Å². The van der Waals surface area contributed by atoms with Crippen LogP contribution >= 0.6 is 12.4 Å². The summed E-state index contributed by atoms with van der Waals surface area (Å²) in [6.07, 6.45) is 3.82. The molecule has 2 amide bonds. The number of carbonyl (C=O) groups is 2. The number of carbonyl (C=O) groups excluding carboxylic acids is 2. The van der Waals surface area contributed by atoms with Crippen molar-refractivity contribution >= 4 is 41.2 Å². The van der Waals surface area contributed by atoms with Crippen molar-refractivity contribution < 1.29 is 23.8 Å². The second kappa shape index (κ2) is 16.8. The second-order valence-corrected chi connectivity index (χ2v) is 9.10. The van der Waals surface area contributed by atoms with E-state index in [1.165, 1.54) is 10.9 Å². The normalized spacial score (nSPS) is 16.9. The molecular weight excluding hydrogens is 528 g/mol. The summed E-state index contributed by atoms with van der Waals surface area (Å²) in [6.45, 7) is 6.84. The molecule has 1 aliphatic heterocycles. The Morgan fingerprint density at radius 1 is 1.18 bits per heavy atom. The standard InChI is InChI=1S/C25H38N8O5.ClH/c1-19-4-9-32(22(34)3-6-26)17-21(19)31(2)23-20-5-10-33(24(20)30-18-29-23)25(35)28-8-12-37-14-16-38-15-13-36-11-7-27;/h5,10,18-19,21H,3-4,7-9,11-17,27H2,1-2H3,(H,28,35);1H/t19-,21+;/m1./s1. The van der Waals surface area contributed by atoms with Gasteiger partial charge in [0.05, 0.1) is 57.1 Å². The summed E-state index contributed by atoms with van der Waals surface area (Å²) >= 11 is 0. The van der Waals surface area contributed by atoms with E-state index >= 15 is 0 Å². The highest BCUT2D eigenvalue weighted by molar-refractivity contribution is 5.94. The Morgan fingerprint density at radius 2 is 1.87 bits per heavy atom. The summed E-state index contributed by atoms with van der Waals surface area (Å²) in [5.41, 5.74) is 5.84. The van der Waals surface area contributed by atoms with Crippen LogP contribution in [0.3, 0.4) is 0 Å². The van der Waals surface area contributed by atoms with Crippen LogP contribution in [0.25, 0.3) is 11.0 Å². The molecule has 0 spiro atoms. The van der Waals surface area contributed by atoms with Gasteiger partial charge in [-0.15, -0.1) is 12.4 Å². The van der Waals surface area contributed by atoms with Gasteiger partial charge in [0.25, 0.3) is 0 Å². The van der Waals surface area contributed by atoms with E-state index in [4.69, 9.17) is 25.2 Å². The van der Waals surface area contributed by atoms with Gasteiger partial charge < -0.3 is 35.1 Å². The molecule has 0 bridgehead atoms. The van der Waals surface area contributed by atoms with Crippen molar-refractivity contribution in [3.63, 3.8) is 0 Å². The number of nitrogens with one attached hydrogen (secondary N) is 1. The number of piperidine rings is 1. The highest BCUT2D eigenvalue weighted by atomic mass is 35.5. The van der Waals surface area contributed by atoms with Crippen LogP contribution in [-0.2, 0) is 19.0 Å². The highest BCUT2D eigenvalue weighted by Gasteiger charge is 2.32. The van der Waals surface area contributed by atoms with Gasteiger partial charge >= 0.3 is 6.03 Å². The average Bonchev–Trinajstić information content (AvgIpc) is 3.36. The number of nitrogens with zero attached hydrogens (tertiary/aromatic N) is 6. The van der Waals surface area contributed by atoms with Gasteiger partial charge in [0.15, 0.2) is 5.65 Å². The summed E-state index contributed by atoms with van der Waals surface area (Å²) < 4.78 is 17.6. The lowest BCUT2D eigenvalue weighted by atomic mass is 9.92. The highest BCUT2D eigenvalue weighted by Crippen LogP contribution is 2.29. The zero-order chi connectivity index (χ0) is 27.3. The minimum atomic E-state index is -0.316. The van der Waals surface area contributed by atoms with E-state index in [1.54, 1.807) is 11.1 Å². The van der Waals surface area contributed by atoms with Gasteiger partial charge in [0.1, 0.15) is 18.6 Å². The predicted molar refractivity (Wildman–Crippen MR) is 148 cm³/mol. The van der Waals surface area contributed by atoms with Crippen LogP contribution in [0.5, 0.6) is 0 Å². The van der Waals surface area contributed by atoms with Crippen LogP contribution in [-0.4, -0.2) is 110 Å². The zero-order valence-corrected chi connectivity index (χ0v) is 23.4. The van der Waals surface area contributed by atoms with Crippen LogP contribution in [0.15, 0.2) is 18.6 Å². The van der Waals surface area contributed by atoms with Crippen LogP contribution in [0.1, 0.15) is 19.8 Å². The monoisotopic (exact) mass is 566 g/mol. The molecule has 3 N–H and O–H groups in total. The van der Waals surface area contributed by atoms with E-state index in [-0.39, 0.29) is 36.8 Å². The van der Waals surface area contributed by atoms with Gasteiger partial charge in [-0.3, -0.25) is 9.36 Å². The smallest absolute Gasteiger partial charge is 0.327 e. The number of aromatic nitrogens is 3. The summed E-state index contributed by atoms with van der Waals surface area (Å²) in [5.74, 6) is 0.846. The molecule has 0 aliphatic carbocycles. The third kappa shape index (κ3) is 9.01. The number of rotatable bonds is 14. The second-order valence-electron chi connectivity index (χ2n) is 9.10. The maximum absolute atomic E-state index is 12.8. The van der Waals surface area contributed by atoms with E-state index in [1.807, 2.05) is 24.1 Å². The fourth-order valence-corrected chi connectivity index (χ4v) is 4.44. The first-order chi connectivity index (χ1) is 18.5. The molecule has 14 heteroatoms. The van der Waals surface area contributed by atoms with Gasteiger partial charge in [0.2, 0.25) is 5.91 Å². The van der Waals surface area contributed by atoms with Crippen molar-refractivity contribution in [1.82, 2.24) is 24.8 Å². The van der Waals surface area contributed by atoms with Gasteiger partial charge in [-0.05, 0) is 18.4 Å². The Balaban J connectivity index is 0.00000533. The maximum Gasteiger partial charge on any atom is 0.327 e. The van der Waals surface area contributed by atoms with E-state index in [0.717, 1.165) is 11.8 Å². The van der Waals surface area contributed by atoms with Crippen molar-refractivity contribution in [1.29, 1.82) is 5.26 Å². The van der Waals surface area contributed by atoms with Gasteiger partial charge in [-0.1, -0.05) is 6.92 Å². The van der Waals surface area contributed by atoms with Crippen LogP contribution < -0.4 is 16.0 Å². The fourth-order valence-electron chi connectivity index (χ4n) is 4.44. The third-order valence-corrected chi connectivity index (χ3v) is 6.54. The molecule has 0 unspecified atom stereocenters. The molecule has 13 nitrogen and oxygen atoms in total. The fraction of sp³-hybridized carbons (Fsp3) is 0.640. The first-order valence-corrected chi connectivity index (χ1v) is 12.9. The van der Waals surface area contributed by atoms with Crippen molar-refractivity contribution in [3.05, 3.63) is 18.6 Å². The molecule has 2 aromatic heterocycles. The Bertz CT molecular complexity index is 1090. The molecule has 0 radical (unpaired) electrons. The molecule has 3 rings (SSSR count). The minimum Gasteiger partial charge on any atom is -0.378 e. The molecular formula is C25H39ClN8O5. The number of likely N-dealkylation sites (tertiary alicyclic amines) is 1. The number of amides is 2. The minimum absolute atomic E-state index is 0. The summed E-state index contributed by atoms with van der Waals surface area (Å²) in [7, 11) is 1.94. The number of nitriles is 1. The van der Waals surface area contributed by atoms with Crippen molar-refractivity contribution in [2.45, 2.75) is 25.8 Å². The van der Waals surface area contributed by atoms with Crippen LogP contribution in [0.4, 0.5) is 10.6 Å². The Labute approximate surface area is 235 Å². The summed E-state index contributed by atoms with van der Waals surface area (Å²) in [4.78, 5) is 37.7. The number of anilines is 1. The molecule has 2 atom stereocenters. The molecule has 2 aromatic rings. The molecule has 1 saturated heterocycles.